The Labute approximate surface area is 167 Å². The SMILES string of the molecule is NC[C@H](CC1CCOCC1)NC(=O)N1CCC[C@@H](Cc2cccc(Cl)c2)C1. The number of hydrogen-bond acceptors (Lipinski definition) is 3. The van der Waals surface area contributed by atoms with Crippen molar-refractivity contribution in [1.82, 2.24) is 10.2 Å². The van der Waals surface area contributed by atoms with Crippen molar-refractivity contribution in [2.75, 3.05) is 32.8 Å². The minimum Gasteiger partial charge on any atom is -0.381 e. The van der Waals surface area contributed by atoms with Gasteiger partial charge in [-0.25, -0.2) is 4.79 Å². The molecule has 2 heterocycles. The highest BCUT2D eigenvalue weighted by atomic mass is 35.5. The van der Waals surface area contributed by atoms with Crippen LogP contribution in [0.25, 0.3) is 0 Å². The average molecular weight is 394 g/mol. The first-order valence-corrected chi connectivity index (χ1v) is 10.6. The molecule has 0 radical (unpaired) electrons. The van der Waals surface area contributed by atoms with Gasteiger partial charge in [0.25, 0.3) is 0 Å². The highest BCUT2D eigenvalue weighted by Gasteiger charge is 2.26. The first-order chi connectivity index (χ1) is 13.1. The molecular formula is C21H32ClN3O2. The molecular weight excluding hydrogens is 362 g/mol. The number of benzene rings is 1. The lowest BCUT2D eigenvalue weighted by Crippen LogP contribution is -2.51. The molecule has 3 N–H and O–H groups in total. The summed E-state index contributed by atoms with van der Waals surface area (Å²) < 4.78 is 5.42. The molecule has 6 heteroatoms. The van der Waals surface area contributed by atoms with E-state index in [1.165, 1.54) is 5.56 Å². The molecule has 2 saturated heterocycles. The second-order valence-corrected chi connectivity index (χ2v) is 8.40. The zero-order valence-corrected chi connectivity index (χ0v) is 16.8. The summed E-state index contributed by atoms with van der Waals surface area (Å²) in [7, 11) is 0. The van der Waals surface area contributed by atoms with Gasteiger partial charge in [0.15, 0.2) is 0 Å². The van der Waals surface area contributed by atoms with Crippen molar-refractivity contribution in [3.8, 4) is 0 Å². The van der Waals surface area contributed by atoms with Crippen LogP contribution in [-0.4, -0.2) is 49.8 Å². The van der Waals surface area contributed by atoms with Gasteiger partial charge in [-0.05, 0) is 68.1 Å². The van der Waals surface area contributed by atoms with Gasteiger partial charge in [0.05, 0.1) is 0 Å². The van der Waals surface area contributed by atoms with Gasteiger partial charge in [-0.15, -0.1) is 0 Å². The van der Waals surface area contributed by atoms with Crippen LogP contribution in [-0.2, 0) is 11.2 Å². The summed E-state index contributed by atoms with van der Waals surface area (Å²) in [5.41, 5.74) is 7.18. The molecule has 27 heavy (non-hydrogen) atoms. The first kappa shape index (κ1) is 20.4. The van der Waals surface area contributed by atoms with Crippen LogP contribution < -0.4 is 11.1 Å². The van der Waals surface area contributed by atoms with Crippen molar-refractivity contribution in [3.63, 3.8) is 0 Å². The number of carbonyl (C=O) groups is 1. The lowest BCUT2D eigenvalue weighted by molar-refractivity contribution is 0.0608. The highest BCUT2D eigenvalue weighted by Crippen LogP contribution is 2.23. The number of hydrogen-bond donors (Lipinski definition) is 2. The Kier molecular flexibility index (Phi) is 7.80. The summed E-state index contributed by atoms with van der Waals surface area (Å²) in [5.74, 6) is 1.08. The predicted octanol–water partition coefficient (Wildman–Crippen LogP) is 3.45. The van der Waals surface area contributed by atoms with E-state index in [0.29, 0.717) is 18.4 Å². The Morgan fingerprint density at radius 3 is 2.85 bits per heavy atom. The van der Waals surface area contributed by atoms with E-state index in [-0.39, 0.29) is 12.1 Å². The molecule has 2 amide bonds. The Morgan fingerprint density at radius 1 is 1.30 bits per heavy atom. The van der Waals surface area contributed by atoms with Gasteiger partial charge >= 0.3 is 6.03 Å². The number of carbonyl (C=O) groups excluding carboxylic acids is 1. The molecule has 0 aromatic heterocycles. The number of likely N-dealkylation sites (tertiary alicyclic amines) is 1. The van der Waals surface area contributed by atoms with Gasteiger partial charge in [-0.3, -0.25) is 0 Å². The first-order valence-electron chi connectivity index (χ1n) is 10.2. The topological polar surface area (TPSA) is 67.6 Å². The molecule has 0 bridgehead atoms. The number of ether oxygens (including phenoxy) is 1. The quantitative estimate of drug-likeness (QED) is 0.777. The van der Waals surface area contributed by atoms with Crippen molar-refractivity contribution in [2.45, 2.75) is 44.6 Å². The third-order valence-corrected chi connectivity index (χ3v) is 6.03. The van der Waals surface area contributed by atoms with Gasteiger partial charge in [0, 0.05) is 43.9 Å². The summed E-state index contributed by atoms with van der Waals surface area (Å²) >= 11 is 6.10. The van der Waals surface area contributed by atoms with Gasteiger partial charge in [-0.1, -0.05) is 23.7 Å². The molecule has 0 spiro atoms. The zero-order chi connectivity index (χ0) is 19.1. The van der Waals surface area contributed by atoms with Crippen molar-refractivity contribution in [3.05, 3.63) is 34.9 Å². The van der Waals surface area contributed by atoms with Crippen LogP contribution in [0.3, 0.4) is 0 Å². The number of nitrogens with two attached hydrogens (primary N) is 1. The van der Waals surface area contributed by atoms with Crippen LogP contribution in [0, 0.1) is 11.8 Å². The molecule has 3 rings (SSSR count). The lowest BCUT2D eigenvalue weighted by atomic mass is 9.91. The van der Waals surface area contributed by atoms with Gasteiger partial charge in [-0.2, -0.15) is 0 Å². The average Bonchev–Trinajstić information content (AvgIpc) is 2.68. The summed E-state index contributed by atoms with van der Waals surface area (Å²) in [6.07, 6.45) is 6.25. The summed E-state index contributed by atoms with van der Waals surface area (Å²) in [6, 6.07) is 8.12. The van der Waals surface area contributed by atoms with Crippen molar-refractivity contribution >= 4 is 17.6 Å². The second-order valence-electron chi connectivity index (χ2n) is 7.96. The van der Waals surface area contributed by atoms with E-state index < -0.39 is 0 Å². The number of nitrogens with zero attached hydrogens (tertiary/aromatic N) is 1. The van der Waals surface area contributed by atoms with E-state index in [2.05, 4.69) is 11.4 Å². The molecule has 150 valence electrons. The minimum atomic E-state index is 0.0355. The van der Waals surface area contributed by atoms with Crippen molar-refractivity contribution in [2.24, 2.45) is 17.6 Å². The number of urea groups is 1. The molecule has 0 saturated carbocycles. The maximum Gasteiger partial charge on any atom is 0.317 e. The maximum atomic E-state index is 12.8. The van der Waals surface area contributed by atoms with Crippen LogP contribution in [0.1, 0.15) is 37.7 Å². The van der Waals surface area contributed by atoms with E-state index in [4.69, 9.17) is 22.1 Å². The van der Waals surface area contributed by atoms with Crippen molar-refractivity contribution < 1.29 is 9.53 Å². The predicted molar refractivity (Wildman–Crippen MR) is 109 cm³/mol. The third-order valence-electron chi connectivity index (χ3n) is 5.79. The van der Waals surface area contributed by atoms with Crippen LogP contribution in [0.4, 0.5) is 4.79 Å². The van der Waals surface area contributed by atoms with Crippen LogP contribution in [0.15, 0.2) is 24.3 Å². The van der Waals surface area contributed by atoms with Crippen LogP contribution in [0.5, 0.6) is 0 Å². The number of amides is 2. The number of halogens is 1. The third kappa shape index (κ3) is 6.37. The Balaban J connectivity index is 1.49. The molecule has 5 nitrogen and oxygen atoms in total. The summed E-state index contributed by atoms with van der Waals surface area (Å²) in [5, 5.41) is 3.95. The van der Waals surface area contributed by atoms with E-state index in [1.54, 1.807) is 0 Å². The standard InChI is InChI=1S/C21H32ClN3O2/c22-19-5-1-3-17(12-19)11-18-4-2-8-25(15-18)21(26)24-20(14-23)13-16-6-9-27-10-7-16/h1,3,5,12,16,18,20H,2,4,6-11,13-15,23H2,(H,24,26)/t18-,20-/m0/s1. The van der Waals surface area contributed by atoms with Gasteiger partial charge in [0.1, 0.15) is 0 Å². The monoisotopic (exact) mass is 393 g/mol. The number of nitrogens with one attached hydrogen (secondary N) is 1. The number of piperidine rings is 1. The van der Waals surface area contributed by atoms with E-state index in [1.807, 2.05) is 23.1 Å². The van der Waals surface area contributed by atoms with E-state index >= 15 is 0 Å². The van der Waals surface area contributed by atoms with E-state index in [0.717, 1.165) is 69.9 Å². The molecule has 1 aromatic rings. The van der Waals surface area contributed by atoms with Gasteiger partial charge < -0.3 is 20.7 Å². The molecule has 0 aliphatic carbocycles. The fourth-order valence-corrected chi connectivity index (χ4v) is 4.49. The molecule has 2 aliphatic rings. The zero-order valence-electron chi connectivity index (χ0n) is 16.0. The lowest BCUT2D eigenvalue weighted by Gasteiger charge is -2.34. The van der Waals surface area contributed by atoms with Crippen molar-refractivity contribution in [1.29, 1.82) is 0 Å². The molecule has 0 unspecified atom stereocenters. The summed E-state index contributed by atoms with van der Waals surface area (Å²) in [6.45, 7) is 3.77. The normalized spacial score (nSPS) is 22.4. The highest BCUT2D eigenvalue weighted by molar-refractivity contribution is 6.30. The molecule has 2 fully saturated rings. The van der Waals surface area contributed by atoms with Crippen LogP contribution in [0.2, 0.25) is 5.02 Å². The van der Waals surface area contributed by atoms with Crippen LogP contribution >= 0.6 is 11.6 Å². The fourth-order valence-electron chi connectivity index (χ4n) is 4.28. The smallest absolute Gasteiger partial charge is 0.317 e. The molecule has 2 atom stereocenters. The maximum absolute atomic E-state index is 12.8. The number of rotatable bonds is 6. The van der Waals surface area contributed by atoms with E-state index in [9.17, 15) is 4.79 Å². The Morgan fingerprint density at radius 2 is 2.11 bits per heavy atom. The molecule has 2 aliphatic heterocycles. The minimum absolute atomic E-state index is 0.0355. The summed E-state index contributed by atoms with van der Waals surface area (Å²) in [4.78, 5) is 14.7. The Bertz CT molecular complexity index is 607. The second kappa shape index (κ2) is 10.3. The Hall–Kier alpha value is -1.30. The fraction of sp³-hybridized carbons (Fsp3) is 0.667. The van der Waals surface area contributed by atoms with Gasteiger partial charge in [0.2, 0.25) is 0 Å². The molecule has 1 aromatic carbocycles. The largest absolute Gasteiger partial charge is 0.381 e.